The molecule has 2 aromatic heterocycles. The van der Waals surface area contributed by atoms with E-state index < -0.39 is 0 Å². The number of aliphatic hydroxyl groups excluding tert-OH is 1. The first kappa shape index (κ1) is 15.5. The van der Waals surface area contributed by atoms with Gasteiger partial charge in [-0.3, -0.25) is 14.8 Å². The summed E-state index contributed by atoms with van der Waals surface area (Å²) in [6.45, 7) is 1.58. The standard InChI is InChI=1S/C18H21N3O3/c22-17-3-1-2-13(17)16-11-24-9-8-21(16)18(23)12-4-7-20-15-5-6-19-10-14(12)15/h4-7,10,13,16-17,22H,1-3,8-9,11H2/t13-,16-,17+/m1/s1. The number of pyridine rings is 2. The minimum absolute atomic E-state index is 0.0252. The van der Waals surface area contributed by atoms with Gasteiger partial charge in [-0.2, -0.15) is 0 Å². The molecule has 1 saturated carbocycles. The van der Waals surface area contributed by atoms with E-state index in [1.54, 1.807) is 24.7 Å². The lowest BCUT2D eigenvalue weighted by Crippen LogP contribution is -2.53. The fourth-order valence-electron chi connectivity index (χ4n) is 3.98. The zero-order valence-corrected chi connectivity index (χ0v) is 13.5. The summed E-state index contributed by atoms with van der Waals surface area (Å²) in [5.41, 5.74) is 1.38. The van der Waals surface area contributed by atoms with E-state index in [-0.39, 0.29) is 24.0 Å². The Morgan fingerprint density at radius 2 is 2.21 bits per heavy atom. The smallest absolute Gasteiger partial charge is 0.255 e. The third-order valence-corrected chi connectivity index (χ3v) is 5.23. The number of carbonyl (C=O) groups excluding carboxylic acids is 1. The van der Waals surface area contributed by atoms with Crippen LogP contribution in [0.2, 0.25) is 0 Å². The number of hydrogen-bond donors (Lipinski definition) is 1. The van der Waals surface area contributed by atoms with Gasteiger partial charge in [0.15, 0.2) is 0 Å². The molecule has 1 amide bonds. The van der Waals surface area contributed by atoms with Gasteiger partial charge in [-0.1, -0.05) is 6.42 Å². The number of fused-ring (bicyclic) bond motifs is 1. The number of hydrogen-bond acceptors (Lipinski definition) is 5. The van der Waals surface area contributed by atoms with Crippen LogP contribution in [-0.2, 0) is 4.74 Å². The molecule has 0 bridgehead atoms. The van der Waals surface area contributed by atoms with Gasteiger partial charge in [-0.05, 0) is 25.0 Å². The van der Waals surface area contributed by atoms with Crippen molar-refractivity contribution < 1.29 is 14.6 Å². The van der Waals surface area contributed by atoms with E-state index in [4.69, 9.17) is 4.74 Å². The maximum Gasteiger partial charge on any atom is 0.255 e. The Morgan fingerprint density at radius 3 is 3.04 bits per heavy atom. The van der Waals surface area contributed by atoms with Gasteiger partial charge < -0.3 is 14.7 Å². The Bertz CT molecular complexity index is 746. The van der Waals surface area contributed by atoms with Crippen molar-refractivity contribution in [2.75, 3.05) is 19.8 Å². The van der Waals surface area contributed by atoms with Crippen LogP contribution in [-0.4, -0.2) is 57.8 Å². The molecule has 2 fully saturated rings. The summed E-state index contributed by atoms with van der Waals surface area (Å²) >= 11 is 0. The highest BCUT2D eigenvalue weighted by Crippen LogP contribution is 2.33. The summed E-state index contributed by atoms with van der Waals surface area (Å²) in [4.78, 5) is 23.5. The third kappa shape index (κ3) is 2.65. The van der Waals surface area contributed by atoms with Gasteiger partial charge in [0.05, 0.1) is 36.4 Å². The second-order valence-electron chi connectivity index (χ2n) is 6.55. The maximum atomic E-state index is 13.2. The molecule has 0 aromatic carbocycles. The largest absolute Gasteiger partial charge is 0.393 e. The normalized spacial score (nSPS) is 27.5. The molecule has 2 aliphatic rings. The summed E-state index contributed by atoms with van der Waals surface area (Å²) in [5.74, 6) is 0.0725. The number of amides is 1. The highest BCUT2D eigenvalue weighted by atomic mass is 16.5. The lowest BCUT2D eigenvalue weighted by molar-refractivity contribution is -0.0382. The Balaban J connectivity index is 1.68. The van der Waals surface area contributed by atoms with E-state index >= 15 is 0 Å². The van der Waals surface area contributed by atoms with Gasteiger partial charge in [-0.25, -0.2) is 0 Å². The lowest BCUT2D eigenvalue weighted by Gasteiger charge is -2.40. The topological polar surface area (TPSA) is 75.6 Å². The highest BCUT2D eigenvalue weighted by Gasteiger charge is 2.39. The summed E-state index contributed by atoms with van der Waals surface area (Å²) in [6, 6.07) is 3.50. The van der Waals surface area contributed by atoms with Crippen LogP contribution >= 0.6 is 0 Å². The van der Waals surface area contributed by atoms with Crippen LogP contribution in [0.1, 0.15) is 29.6 Å². The number of morpholine rings is 1. The number of nitrogens with zero attached hydrogens (tertiary/aromatic N) is 3. The SMILES string of the molecule is O=C(c1ccnc2ccncc12)N1CCOC[C@@H]1[C@H]1CCC[C@@H]1O. The molecule has 0 radical (unpaired) electrons. The van der Waals surface area contributed by atoms with Crippen molar-refractivity contribution >= 4 is 16.8 Å². The van der Waals surface area contributed by atoms with Crippen molar-refractivity contribution in [3.63, 3.8) is 0 Å². The number of carbonyl (C=O) groups is 1. The van der Waals surface area contributed by atoms with Crippen molar-refractivity contribution in [2.24, 2.45) is 5.92 Å². The van der Waals surface area contributed by atoms with Gasteiger partial charge in [0.2, 0.25) is 0 Å². The van der Waals surface area contributed by atoms with Crippen LogP contribution in [0.3, 0.4) is 0 Å². The third-order valence-electron chi connectivity index (χ3n) is 5.23. The molecule has 24 heavy (non-hydrogen) atoms. The van der Waals surface area contributed by atoms with Gasteiger partial charge >= 0.3 is 0 Å². The van der Waals surface area contributed by atoms with Crippen molar-refractivity contribution in [3.05, 3.63) is 36.3 Å². The average Bonchev–Trinajstić information content (AvgIpc) is 3.06. The Hall–Kier alpha value is -2.05. The number of aromatic nitrogens is 2. The molecule has 2 aromatic rings. The molecule has 1 aliphatic carbocycles. The van der Waals surface area contributed by atoms with Crippen LogP contribution in [0, 0.1) is 5.92 Å². The monoisotopic (exact) mass is 327 g/mol. The van der Waals surface area contributed by atoms with Crippen LogP contribution < -0.4 is 0 Å². The van der Waals surface area contributed by atoms with Crippen molar-refractivity contribution in [1.82, 2.24) is 14.9 Å². The average molecular weight is 327 g/mol. The van der Waals surface area contributed by atoms with E-state index in [1.165, 1.54) is 0 Å². The van der Waals surface area contributed by atoms with E-state index in [2.05, 4.69) is 9.97 Å². The fraction of sp³-hybridized carbons (Fsp3) is 0.500. The highest BCUT2D eigenvalue weighted by molar-refractivity contribution is 6.05. The molecule has 4 rings (SSSR count). The van der Waals surface area contributed by atoms with Crippen molar-refractivity contribution in [3.8, 4) is 0 Å². The zero-order chi connectivity index (χ0) is 16.5. The van der Waals surface area contributed by atoms with Crippen molar-refractivity contribution in [2.45, 2.75) is 31.4 Å². The quantitative estimate of drug-likeness (QED) is 0.907. The summed E-state index contributed by atoms with van der Waals surface area (Å²) in [5, 5.41) is 11.0. The molecular formula is C18H21N3O3. The minimum Gasteiger partial charge on any atom is -0.393 e. The molecule has 126 valence electrons. The number of rotatable bonds is 2. The predicted molar refractivity (Wildman–Crippen MR) is 88.5 cm³/mol. The summed E-state index contributed by atoms with van der Waals surface area (Å²) < 4.78 is 5.62. The predicted octanol–water partition coefficient (Wildman–Crippen LogP) is 1.63. The molecule has 3 heterocycles. The van der Waals surface area contributed by atoms with E-state index in [0.29, 0.717) is 25.3 Å². The molecular weight excluding hydrogens is 306 g/mol. The van der Waals surface area contributed by atoms with Gasteiger partial charge in [-0.15, -0.1) is 0 Å². The summed E-state index contributed by atoms with van der Waals surface area (Å²) in [6.07, 6.45) is 7.44. The first-order chi connectivity index (χ1) is 11.8. The van der Waals surface area contributed by atoms with Gasteiger partial charge in [0.25, 0.3) is 5.91 Å². The molecule has 6 nitrogen and oxygen atoms in total. The van der Waals surface area contributed by atoms with Crippen LogP contribution in [0.25, 0.3) is 10.9 Å². The molecule has 6 heteroatoms. The minimum atomic E-state index is -0.345. The fourth-order valence-corrected chi connectivity index (χ4v) is 3.98. The van der Waals surface area contributed by atoms with Gasteiger partial charge in [0.1, 0.15) is 0 Å². The summed E-state index contributed by atoms with van der Waals surface area (Å²) in [7, 11) is 0. The molecule has 1 saturated heterocycles. The molecule has 1 N–H and O–H groups in total. The first-order valence-corrected chi connectivity index (χ1v) is 8.51. The Labute approximate surface area is 140 Å². The van der Waals surface area contributed by atoms with Gasteiger partial charge in [0, 0.05) is 36.4 Å². The van der Waals surface area contributed by atoms with Crippen molar-refractivity contribution in [1.29, 1.82) is 0 Å². The number of ether oxygens (including phenoxy) is 1. The Morgan fingerprint density at radius 1 is 1.29 bits per heavy atom. The van der Waals surface area contributed by atoms with Crippen LogP contribution in [0.5, 0.6) is 0 Å². The first-order valence-electron chi connectivity index (χ1n) is 8.51. The van der Waals surface area contributed by atoms with Crippen LogP contribution in [0.15, 0.2) is 30.7 Å². The maximum absolute atomic E-state index is 13.2. The lowest BCUT2D eigenvalue weighted by atomic mass is 9.93. The molecule has 3 atom stereocenters. The molecule has 1 aliphatic heterocycles. The second-order valence-corrected chi connectivity index (χ2v) is 6.55. The van der Waals surface area contributed by atoms with E-state index in [0.717, 1.165) is 30.2 Å². The van der Waals surface area contributed by atoms with Crippen LogP contribution in [0.4, 0.5) is 0 Å². The zero-order valence-electron chi connectivity index (χ0n) is 13.5. The Kier molecular flexibility index (Phi) is 4.16. The second kappa shape index (κ2) is 6.45. The molecule has 0 unspecified atom stereocenters. The van der Waals surface area contributed by atoms with E-state index in [9.17, 15) is 9.90 Å². The van der Waals surface area contributed by atoms with E-state index in [1.807, 2.05) is 11.0 Å². The molecule has 0 spiro atoms. The number of aliphatic hydroxyl groups is 1.